The summed E-state index contributed by atoms with van der Waals surface area (Å²) >= 11 is 0. The minimum atomic E-state index is 0. The van der Waals surface area contributed by atoms with Crippen molar-refractivity contribution in [1.29, 1.82) is 5.41 Å². The van der Waals surface area contributed by atoms with Crippen molar-refractivity contribution in [1.82, 2.24) is 4.90 Å². The standard InChI is InChI=1S/C7H13N3.H2/c1-10-3-2-6(4-8)7(9)5-10;/h4,8H,2-3,5,9H2,1H3;1H. The molecule has 3 heteroatoms. The number of hydrogen-bond acceptors (Lipinski definition) is 3. The maximum absolute atomic E-state index is 7.01. The van der Waals surface area contributed by atoms with Crippen LogP contribution in [0.3, 0.4) is 0 Å². The van der Waals surface area contributed by atoms with E-state index in [1.807, 2.05) is 7.05 Å². The molecule has 1 heterocycles. The quantitative estimate of drug-likeness (QED) is 0.520. The zero-order valence-electron chi connectivity index (χ0n) is 6.22. The van der Waals surface area contributed by atoms with E-state index in [1.54, 1.807) is 0 Å². The molecule has 3 N–H and O–H groups in total. The summed E-state index contributed by atoms with van der Waals surface area (Å²) in [6, 6.07) is 0. The molecular formula is C7H15N3. The molecule has 58 valence electrons. The van der Waals surface area contributed by atoms with Gasteiger partial charge in [-0.15, -0.1) is 0 Å². The first-order valence-corrected chi connectivity index (χ1v) is 3.40. The van der Waals surface area contributed by atoms with Gasteiger partial charge in [0.25, 0.3) is 0 Å². The van der Waals surface area contributed by atoms with E-state index in [0.717, 1.165) is 30.8 Å². The predicted molar refractivity (Wildman–Crippen MR) is 44.2 cm³/mol. The summed E-state index contributed by atoms with van der Waals surface area (Å²) in [5.41, 5.74) is 7.52. The van der Waals surface area contributed by atoms with Crippen LogP contribution in [-0.2, 0) is 0 Å². The van der Waals surface area contributed by atoms with Crippen LogP contribution in [-0.4, -0.2) is 31.3 Å². The fourth-order valence-corrected chi connectivity index (χ4v) is 1.11. The molecule has 0 saturated heterocycles. The molecule has 1 aliphatic rings. The van der Waals surface area contributed by atoms with Gasteiger partial charge in [-0.2, -0.15) is 0 Å². The number of nitrogens with zero attached hydrogens (tertiary/aromatic N) is 1. The molecular weight excluding hydrogens is 126 g/mol. The van der Waals surface area contributed by atoms with Crippen molar-refractivity contribution in [2.45, 2.75) is 6.42 Å². The van der Waals surface area contributed by atoms with Crippen LogP contribution in [0.15, 0.2) is 11.3 Å². The van der Waals surface area contributed by atoms with Crippen LogP contribution < -0.4 is 5.73 Å². The van der Waals surface area contributed by atoms with Gasteiger partial charge in [0.2, 0.25) is 0 Å². The largest absolute Gasteiger partial charge is 0.401 e. The van der Waals surface area contributed by atoms with Crippen LogP contribution in [0.1, 0.15) is 7.85 Å². The number of rotatable bonds is 1. The lowest BCUT2D eigenvalue weighted by Crippen LogP contribution is -2.31. The topological polar surface area (TPSA) is 53.1 Å². The molecule has 0 aliphatic carbocycles. The SMILES string of the molecule is CN1CCC(C=N)=C(N)C1.[HH]. The Hall–Kier alpha value is -0.830. The lowest BCUT2D eigenvalue weighted by Gasteiger charge is -2.23. The second-order valence-corrected chi connectivity index (χ2v) is 2.68. The Kier molecular flexibility index (Phi) is 2.06. The number of likely N-dealkylation sites (N-methyl/N-ethyl adjacent to an activating group) is 1. The molecule has 0 fully saturated rings. The number of hydrogen-bond donors (Lipinski definition) is 2. The second kappa shape index (κ2) is 2.84. The van der Waals surface area contributed by atoms with Gasteiger partial charge in [0.05, 0.1) is 0 Å². The highest BCUT2D eigenvalue weighted by Crippen LogP contribution is 2.09. The van der Waals surface area contributed by atoms with Gasteiger partial charge >= 0.3 is 0 Å². The summed E-state index contributed by atoms with van der Waals surface area (Å²) in [5.74, 6) is 0. The van der Waals surface area contributed by atoms with Gasteiger partial charge in [0.1, 0.15) is 0 Å². The summed E-state index contributed by atoms with van der Waals surface area (Å²) in [5, 5.41) is 7.01. The molecule has 0 radical (unpaired) electrons. The van der Waals surface area contributed by atoms with Gasteiger partial charge in [0, 0.05) is 26.4 Å². The molecule has 0 saturated carbocycles. The third kappa shape index (κ3) is 1.36. The number of nitrogens with two attached hydrogens (primary N) is 1. The van der Waals surface area contributed by atoms with E-state index in [0.29, 0.717) is 0 Å². The molecule has 0 unspecified atom stereocenters. The zero-order chi connectivity index (χ0) is 7.56. The molecule has 0 amide bonds. The van der Waals surface area contributed by atoms with E-state index >= 15 is 0 Å². The maximum Gasteiger partial charge on any atom is 0.0380 e. The van der Waals surface area contributed by atoms with Crippen LogP contribution in [0.25, 0.3) is 0 Å². The summed E-state index contributed by atoms with van der Waals surface area (Å²) in [6.07, 6.45) is 2.29. The average molecular weight is 141 g/mol. The summed E-state index contributed by atoms with van der Waals surface area (Å²) in [4.78, 5) is 2.16. The number of nitrogens with one attached hydrogen (secondary N) is 1. The van der Waals surface area contributed by atoms with Crippen molar-refractivity contribution >= 4 is 6.21 Å². The van der Waals surface area contributed by atoms with Gasteiger partial charge in [-0.25, -0.2) is 0 Å². The van der Waals surface area contributed by atoms with Gasteiger partial charge in [-0.3, -0.25) is 0 Å². The molecule has 0 bridgehead atoms. The highest BCUT2D eigenvalue weighted by molar-refractivity contribution is 5.77. The third-order valence-corrected chi connectivity index (χ3v) is 1.79. The highest BCUT2D eigenvalue weighted by atomic mass is 15.1. The van der Waals surface area contributed by atoms with Crippen LogP contribution in [0, 0.1) is 5.41 Å². The molecule has 10 heavy (non-hydrogen) atoms. The predicted octanol–water partition coefficient (Wildman–Crippen LogP) is 0.430. The van der Waals surface area contributed by atoms with E-state index in [1.165, 1.54) is 6.21 Å². The zero-order valence-corrected chi connectivity index (χ0v) is 6.22. The van der Waals surface area contributed by atoms with Crippen molar-refractivity contribution in [2.75, 3.05) is 20.1 Å². The van der Waals surface area contributed by atoms with Gasteiger partial charge in [-0.1, -0.05) is 0 Å². The summed E-state index contributed by atoms with van der Waals surface area (Å²) in [6.45, 7) is 1.83. The molecule has 3 nitrogen and oxygen atoms in total. The van der Waals surface area contributed by atoms with Crippen LogP contribution in [0.2, 0.25) is 0 Å². The Morgan fingerprint density at radius 1 is 1.80 bits per heavy atom. The molecule has 0 aromatic heterocycles. The van der Waals surface area contributed by atoms with E-state index < -0.39 is 0 Å². The minimum absolute atomic E-state index is 0. The van der Waals surface area contributed by atoms with Gasteiger partial charge in [0.15, 0.2) is 0 Å². The van der Waals surface area contributed by atoms with Crippen LogP contribution in [0.4, 0.5) is 0 Å². The molecule has 0 aromatic carbocycles. The van der Waals surface area contributed by atoms with Crippen LogP contribution >= 0.6 is 0 Å². The normalized spacial score (nSPS) is 21.3. The Balaban J connectivity index is 0.000001000. The fourth-order valence-electron chi connectivity index (χ4n) is 1.11. The monoisotopic (exact) mass is 141 g/mol. The van der Waals surface area contributed by atoms with Crippen LogP contribution in [0.5, 0.6) is 0 Å². The van der Waals surface area contributed by atoms with E-state index in [2.05, 4.69) is 4.90 Å². The summed E-state index contributed by atoms with van der Waals surface area (Å²) < 4.78 is 0. The summed E-state index contributed by atoms with van der Waals surface area (Å²) in [7, 11) is 2.04. The first-order chi connectivity index (χ1) is 4.74. The van der Waals surface area contributed by atoms with Crippen molar-refractivity contribution in [3.63, 3.8) is 0 Å². The molecule has 0 aromatic rings. The smallest absolute Gasteiger partial charge is 0.0380 e. The Morgan fingerprint density at radius 2 is 2.50 bits per heavy atom. The first kappa shape index (κ1) is 7.28. The maximum atomic E-state index is 7.01. The fraction of sp³-hybridized carbons (Fsp3) is 0.571. The molecule has 1 aliphatic heterocycles. The Labute approximate surface area is 62.5 Å². The van der Waals surface area contributed by atoms with Gasteiger partial charge in [-0.05, 0) is 19.0 Å². The van der Waals surface area contributed by atoms with E-state index in [4.69, 9.17) is 11.1 Å². The lowest BCUT2D eigenvalue weighted by molar-refractivity contribution is 0.350. The van der Waals surface area contributed by atoms with Crippen molar-refractivity contribution in [3.8, 4) is 0 Å². The van der Waals surface area contributed by atoms with Crippen molar-refractivity contribution in [2.24, 2.45) is 5.73 Å². The first-order valence-electron chi connectivity index (χ1n) is 3.40. The second-order valence-electron chi connectivity index (χ2n) is 2.68. The third-order valence-electron chi connectivity index (χ3n) is 1.79. The average Bonchev–Trinajstić information content (AvgIpc) is 1.88. The highest BCUT2D eigenvalue weighted by Gasteiger charge is 2.10. The Morgan fingerprint density at radius 3 is 3.00 bits per heavy atom. The molecule has 1 rings (SSSR count). The van der Waals surface area contributed by atoms with Gasteiger partial charge < -0.3 is 16.0 Å². The van der Waals surface area contributed by atoms with Crippen molar-refractivity contribution in [3.05, 3.63) is 11.3 Å². The molecule has 0 spiro atoms. The Bertz CT molecular complexity index is 177. The van der Waals surface area contributed by atoms with E-state index in [9.17, 15) is 0 Å². The van der Waals surface area contributed by atoms with E-state index in [-0.39, 0.29) is 1.43 Å². The minimum Gasteiger partial charge on any atom is -0.401 e. The lowest BCUT2D eigenvalue weighted by atomic mass is 10.1. The van der Waals surface area contributed by atoms with Crippen molar-refractivity contribution < 1.29 is 1.43 Å². The molecule has 0 atom stereocenters.